The maximum Gasteiger partial charge on any atom is 0.142 e. The predicted molar refractivity (Wildman–Crippen MR) is 72.6 cm³/mol. The van der Waals surface area contributed by atoms with Crippen LogP contribution in [0.3, 0.4) is 0 Å². The SMILES string of the molecule is CC(C)COCCNc1snc(N)c1C1CC1. The summed E-state index contributed by atoms with van der Waals surface area (Å²) in [4.78, 5) is 0. The Morgan fingerprint density at radius 3 is 2.94 bits per heavy atom. The quantitative estimate of drug-likeness (QED) is 0.735. The summed E-state index contributed by atoms with van der Waals surface area (Å²) in [7, 11) is 0. The number of hydrogen-bond donors (Lipinski definition) is 2. The van der Waals surface area contributed by atoms with Crippen LogP contribution in [0.5, 0.6) is 0 Å². The summed E-state index contributed by atoms with van der Waals surface area (Å²) in [5.41, 5.74) is 7.12. The second-order valence-corrected chi connectivity index (χ2v) is 5.75. The summed E-state index contributed by atoms with van der Waals surface area (Å²) in [6.07, 6.45) is 2.50. The van der Waals surface area contributed by atoms with E-state index in [1.54, 1.807) is 0 Å². The molecule has 0 amide bonds. The molecule has 4 nitrogen and oxygen atoms in total. The number of anilines is 2. The molecule has 1 aliphatic carbocycles. The fourth-order valence-corrected chi connectivity index (χ4v) is 2.58. The molecule has 1 fully saturated rings. The number of hydrogen-bond acceptors (Lipinski definition) is 5. The van der Waals surface area contributed by atoms with E-state index in [0.29, 0.717) is 17.7 Å². The first kappa shape index (κ1) is 12.6. The predicted octanol–water partition coefficient (Wildman–Crippen LogP) is 2.69. The van der Waals surface area contributed by atoms with Crippen molar-refractivity contribution < 1.29 is 4.74 Å². The highest BCUT2D eigenvalue weighted by Crippen LogP contribution is 2.47. The molecule has 2 rings (SSSR count). The van der Waals surface area contributed by atoms with Crippen LogP contribution in [0.4, 0.5) is 10.8 Å². The third-order valence-corrected chi connectivity index (χ3v) is 3.56. The summed E-state index contributed by atoms with van der Waals surface area (Å²) in [6.45, 7) is 6.70. The van der Waals surface area contributed by atoms with Crippen molar-refractivity contribution in [2.75, 3.05) is 30.8 Å². The third-order valence-electron chi connectivity index (χ3n) is 2.72. The lowest BCUT2D eigenvalue weighted by molar-refractivity contribution is 0.118. The molecule has 0 unspecified atom stereocenters. The van der Waals surface area contributed by atoms with Gasteiger partial charge in [-0.2, -0.15) is 4.37 Å². The van der Waals surface area contributed by atoms with Crippen LogP contribution in [-0.2, 0) is 4.74 Å². The van der Waals surface area contributed by atoms with E-state index in [9.17, 15) is 0 Å². The normalized spacial score (nSPS) is 15.5. The van der Waals surface area contributed by atoms with Crippen molar-refractivity contribution in [2.45, 2.75) is 32.6 Å². The minimum Gasteiger partial charge on any atom is -0.383 e. The van der Waals surface area contributed by atoms with Crippen LogP contribution in [0, 0.1) is 5.92 Å². The number of nitrogens with zero attached hydrogens (tertiary/aromatic N) is 1. The zero-order chi connectivity index (χ0) is 12.3. The zero-order valence-corrected chi connectivity index (χ0v) is 11.3. The second-order valence-electron chi connectivity index (χ2n) is 4.98. The molecule has 96 valence electrons. The van der Waals surface area contributed by atoms with Crippen molar-refractivity contribution in [3.8, 4) is 0 Å². The minimum absolute atomic E-state index is 0.594. The molecule has 3 N–H and O–H groups in total. The largest absolute Gasteiger partial charge is 0.383 e. The molecule has 1 aromatic rings. The van der Waals surface area contributed by atoms with E-state index < -0.39 is 0 Å². The topological polar surface area (TPSA) is 60.2 Å². The number of ether oxygens (including phenoxy) is 1. The molecule has 0 bridgehead atoms. The van der Waals surface area contributed by atoms with Gasteiger partial charge in [0.25, 0.3) is 0 Å². The Morgan fingerprint density at radius 2 is 2.29 bits per heavy atom. The number of rotatable bonds is 7. The Balaban J connectivity index is 1.75. The van der Waals surface area contributed by atoms with Crippen molar-refractivity contribution in [1.29, 1.82) is 0 Å². The molecule has 0 spiro atoms. The van der Waals surface area contributed by atoms with Gasteiger partial charge in [0.15, 0.2) is 0 Å². The average molecular weight is 255 g/mol. The molecule has 0 aromatic carbocycles. The number of nitrogens with one attached hydrogen (secondary N) is 1. The molecule has 0 aliphatic heterocycles. The van der Waals surface area contributed by atoms with Crippen molar-refractivity contribution in [2.24, 2.45) is 5.92 Å². The van der Waals surface area contributed by atoms with Crippen LogP contribution in [0.2, 0.25) is 0 Å². The number of nitrogen functional groups attached to an aromatic ring is 1. The van der Waals surface area contributed by atoms with E-state index in [0.717, 1.165) is 24.8 Å². The average Bonchev–Trinajstić information content (AvgIpc) is 3.03. The molecule has 1 aliphatic rings. The molecule has 0 saturated heterocycles. The van der Waals surface area contributed by atoms with Crippen LogP contribution in [0.25, 0.3) is 0 Å². The van der Waals surface area contributed by atoms with Crippen molar-refractivity contribution >= 4 is 22.4 Å². The maximum atomic E-state index is 5.88. The van der Waals surface area contributed by atoms with E-state index in [4.69, 9.17) is 10.5 Å². The molecular formula is C12H21N3OS. The Morgan fingerprint density at radius 1 is 1.53 bits per heavy atom. The van der Waals surface area contributed by atoms with Gasteiger partial charge in [-0.25, -0.2) is 0 Å². The van der Waals surface area contributed by atoms with Gasteiger partial charge in [-0.3, -0.25) is 0 Å². The molecule has 0 atom stereocenters. The number of nitrogens with two attached hydrogens (primary N) is 1. The fourth-order valence-electron chi connectivity index (χ4n) is 1.76. The molecule has 1 heterocycles. The van der Waals surface area contributed by atoms with Crippen LogP contribution >= 0.6 is 11.5 Å². The van der Waals surface area contributed by atoms with Gasteiger partial charge in [0.2, 0.25) is 0 Å². The Labute approximate surface area is 107 Å². The van der Waals surface area contributed by atoms with Gasteiger partial charge in [-0.1, -0.05) is 13.8 Å². The van der Waals surface area contributed by atoms with E-state index >= 15 is 0 Å². The Hall–Kier alpha value is -0.810. The van der Waals surface area contributed by atoms with Crippen LogP contribution < -0.4 is 11.1 Å². The lowest BCUT2D eigenvalue weighted by Gasteiger charge is -2.08. The first-order chi connectivity index (χ1) is 8.18. The van der Waals surface area contributed by atoms with Gasteiger partial charge >= 0.3 is 0 Å². The smallest absolute Gasteiger partial charge is 0.142 e. The lowest BCUT2D eigenvalue weighted by atomic mass is 10.2. The van der Waals surface area contributed by atoms with Gasteiger partial charge in [0.1, 0.15) is 10.8 Å². The molecule has 0 radical (unpaired) electrons. The van der Waals surface area contributed by atoms with Crippen molar-refractivity contribution in [3.05, 3.63) is 5.56 Å². The maximum absolute atomic E-state index is 5.88. The van der Waals surface area contributed by atoms with Crippen molar-refractivity contribution in [1.82, 2.24) is 4.37 Å². The highest BCUT2D eigenvalue weighted by Gasteiger charge is 2.30. The van der Waals surface area contributed by atoms with Crippen molar-refractivity contribution in [3.63, 3.8) is 0 Å². The molecule has 5 heteroatoms. The van der Waals surface area contributed by atoms with Gasteiger partial charge in [0, 0.05) is 18.7 Å². The first-order valence-electron chi connectivity index (χ1n) is 6.25. The van der Waals surface area contributed by atoms with Gasteiger partial charge in [-0.15, -0.1) is 0 Å². The highest BCUT2D eigenvalue weighted by molar-refractivity contribution is 7.10. The first-order valence-corrected chi connectivity index (χ1v) is 7.02. The van der Waals surface area contributed by atoms with Gasteiger partial charge in [0.05, 0.1) is 6.61 Å². The monoisotopic (exact) mass is 255 g/mol. The van der Waals surface area contributed by atoms with Crippen LogP contribution in [-0.4, -0.2) is 24.1 Å². The zero-order valence-electron chi connectivity index (χ0n) is 10.5. The van der Waals surface area contributed by atoms with Crippen LogP contribution in [0.15, 0.2) is 0 Å². The second kappa shape index (κ2) is 5.69. The van der Waals surface area contributed by atoms with E-state index in [-0.39, 0.29) is 0 Å². The fraction of sp³-hybridized carbons (Fsp3) is 0.750. The van der Waals surface area contributed by atoms with E-state index in [2.05, 4.69) is 23.5 Å². The van der Waals surface area contributed by atoms with E-state index in [1.165, 1.54) is 29.9 Å². The van der Waals surface area contributed by atoms with E-state index in [1.807, 2.05) is 0 Å². The standard InChI is InChI=1S/C12H21N3OS/c1-8(2)7-16-6-5-14-12-10(9-3-4-9)11(13)15-17-12/h8-9,14H,3-7H2,1-2H3,(H2,13,15). The minimum atomic E-state index is 0.594. The molecule has 17 heavy (non-hydrogen) atoms. The van der Waals surface area contributed by atoms with Crippen LogP contribution in [0.1, 0.15) is 38.2 Å². The number of aromatic nitrogens is 1. The summed E-state index contributed by atoms with van der Waals surface area (Å²) in [5, 5.41) is 4.52. The lowest BCUT2D eigenvalue weighted by Crippen LogP contribution is -2.12. The Kier molecular flexibility index (Phi) is 4.23. The molecular weight excluding hydrogens is 234 g/mol. The summed E-state index contributed by atoms with van der Waals surface area (Å²) in [5.74, 6) is 1.95. The third kappa shape index (κ3) is 3.57. The summed E-state index contributed by atoms with van der Waals surface area (Å²) < 4.78 is 9.75. The van der Waals surface area contributed by atoms with Gasteiger partial charge < -0.3 is 15.8 Å². The summed E-state index contributed by atoms with van der Waals surface area (Å²) >= 11 is 1.47. The highest BCUT2D eigenvalue weighted by atomic mass is 32.1. The van der Waals surface area contributed by atoms with Gasteiger partial charge in [-0.05, 0) is 36.2 Å². The summed E-state index contributed by atoms with van der Waals surface area (Å²) in [6, 6.07) is 0. The molecule has 1 aromatic heterocycles. The Bertz CT molecular complexity index is 361. The molecule has 1 saturated carbocycles.